The van der Waals surface area contributed by atoms with Crippen molar-refractivity contribution in [2.75, 3.05) is 6.54 Å². The molecule has 6 heteroatoms. The number of pyridine rings is 1. The molecule has 2 heterocycles. The van der Waals surface area contributed by atoms with Crippen LogP contribution in [0.15, 0.2) is 78.0 Å². The van der Waals surface area contributed by atoms with Crippen molar-refractivity contribution in [2.24, 2.45) is 0 Å². The number of nitrogens with zero attached hydrogens (tertiary/aromatic N) is 1. The number of hydrogen-bond acceptors (Lipinski definition) is 3. The number of fused-ring (bicyclic) bond motifs is 3. The van der Waals surface area contributed by atoms with Gasteiger partial charge in [-0.3, -0.25) is 9.89 Å². The summed E-state index contributed by atoms with van der Waals surface area (Å²) in [7, 11) is 0. The summed E-state index contributed by atoms with van der Waals surface area (Å²) in [6.07, 6.45) is 6.12. The molecular formula is C25H21FN4O. The van der Waals surface area contributed by atoms with Gasteiger partial charge in [0, 0.05) is 24.5 Å². The van der Waals surface area contributed by atoms with E-state index in [0.717, 1.165) is 45.8 Å². The summed E-state index contributed by atoms with van der Waals surface area (Å²) >= 11 is 0. The van der Waals surface area contributed by atoms with Gasteiger partial charge in [-0.2, -0.15) is 5.10 Å². The van der Waals surface area contributed by atoms with Crippen molar-refractivity contribution < 1.29 is 4.39 Å². The van der Waals surface area contributed by atoms with Crippen LogP contribution < -0.4 is 10.9 Å². The molecule has 0 unspecified atom stereocenters. The zero-order valence-corrected chi connectivity index (χ0v) is 16.8. The molecule has 31 heavy (non-hydrogen) atoms. The summed E-state index contributed by atoms with van der Waals surface area (Å²) < 4.78 is 13.1. The second-order valence-electron chi connectivity index (χ2n) is 7.61. The van der Waals surface area contributed by atoms with Gasteiger partial charge in [-0.25, -0.2) is 4.39 Å². The number of aromatic nitrogens is 3. The fourth-order valence-corrected chi connectivity index (χ4v) is 4.04. The van der Waals surface area contributed by atoms with E-state index in [0.29, 0.717) is 11.9 Å². The van der Waals surface area contributed by atoms with E-state index in [1.54, 1.807) is 24.5 Å². The first-order valence-corrected chi connectivity index (χ1v) is 10.2. The van der Waals surface area contributed by atoms with Crippen LogP contribution >= 0.6 is 0 Å². The smallest absolute Gasteiger partial charge is 0.256 e. The Bertz CT molecular complexity index is 1410. The number of hydrogen-bond donors (Lipinski definition) is 3. The van der Waals surface area contributed by atoms with Crippen LogP contribution in [0.2, 0.25) is 0 Å². The lowest BCUT2D eigenvalue weighted by Crippen LogP contribution is -2.17. The molecule has 0 aliphatic rings. The Hall–Kier alpha value is -3.77. The molecule has 5 rings (SSSR count). The molecule has 0 aliphatic heterocycles. The molecule has 0 spiro atoms. The van der Waals surface area contributed by atoms with Gasteiger partial charge < -0.3 is 10.3 Å². The average Bonchev–Trinajstić information content (AvgIpc) is 3.32. The molecule has 0 saturated heterocycles. The summed E-state index contributed by atoms with van der Waals surface area (Å²) in [6, 6.07) is 16.8. The van der Waals surface area contributed by atoms with Crippen LogP contribution in [0.5, 0.6) is 0 Å². The van der Waals surface area contributed by atoms with Crippen molar-refractivity contribution in [1.82, 2.24) is 20.5 Å². The van der Waals surface area contributed by atoms with Gasteiger partial charge in [0.1, 0.15) is 5.82 Å². The van der Waals surface area contributed by atoms with Gasteiger partial charge in [-0.15, -0.1) is 0 Å². The molecule has 0 saturated carbocycles. The van der Waals surface area contributed by atoms with Gasteiger partial charge in [0.05, 0.1) is 11.6 Å². The Morgan fingerprint density at radius 2 is 1.84 bits per heavy atom. The van der Waals surface area contributed by atoms with Gasteiger partial charge in [0.15, 0.2) is 0 Å². The molecule has 0 radical (unpaired) electrons. The molecule has 5 aromatic rings. The standard InChI is InChI=1S/C25H21FN4O/c26-21-4-1-16(2-5-21)13-27-9-7-18-11-19-8-10-28-25(31)24(19)23-12-17(3-6-22(18)23)20-14-29-30-15-20/h1-6,8,10-12,14-15,27H,7,9,13H2,(H,28,31)(H,29,30). The van der Waals surface area contributed by atoms with Crippen LogP contribution in [0.1, 0.15) is 11.1 Å². The lowest BCUT2D eigenvalue weighted by molar-refractivity contribution is 0.625. The highest BCUT2D eigenvalue weighted by molar-refractivity contribution is 6.09. The van der Waals surface area contributed by atoms with E-state index in [9.17, 15) is 9.18 Å². The van der Waals surface area contributed by atoms with Gasteiger partial charge in [-0.05, 0) is 70.1 Å². The van der Waals surface area contributed by atoms with Gasteiger partial charge in [0.25, 0.3) is 5.56 Å². The number of H-pyrrole nitrogens is 2. The van der Waals surface area contributed by atoms with Crippen molar-refractivity contribution in [3.63, 3.8) is 0 Å². The Balaban J connectivity index is 1.48. The largest absolute Gasteiger partial charge is 0.329 e. The summed E-state index contributed by atoms with van der Waals surface area (Å²) in [5, 5.41) is 13.9. The van der Waals surface area contributed by atoms with Crippen LogP contribution in [0.3, 0.4) is 0 Å². The van der Waals surface area contributed by atoms with Crippen molar-refractivity contribution in [3.8, 4) is 11.1 Å². The second kappa shape index (κ2) is 8.16. The Morgan fingerprint density at radius 1 is 0.968 bits per heavy atom. The van der Waals surface area contributed by atoms with E-state index in [-0.39, 0.29) is 11.4 Å². The number of rotatable bonds is 6. The quantitative estimate of drug-likeness (QED) is 0.283. The van der Waals surface area contributed by atoms with Crippen molar-refractivity contribution in [1.29, 1.82) is 0 Å². The second-order valence-corrected chi connectivity index (χ2v) is 7.61. The highest BCUT2D eigenvalue weighted by Crippen LogP contribution is 2.31. The molecule has 3 N–H and O–H groups in total. The van der Waals surface area contributed by atoms with E-state index in [4.69, 9.17) is 0 Å². The van der Waals surface area contributed by atoms with Crippen molar-refractivity contribution in [2.45, 2.75) is 13.0 Å². The molecule has 5 nitrogen and oxygen atoms in total. The van der Waals surface area contributed by atoms with Crippen LogP contribution in [0.25, 0.3) is 32.7 Å². The Morgan fingerprint density at radius 3 is 2.65 bits per heavy atom. The van der Waals surface area contributed by atoms with Gasteiger partial charge in [-0.1, -0.05) is 30.3 Å². The van der Waals surface area contributed by atoms with Crippen LogP contribution in [-0.2, 0) is 13.0 Å². The minimum Gasteiger partial charge on any atom is -0.329 e. The monoisotopic (exact) mass is 412 g/mol. The van der Waals surface area contributed by atoms with Gasteiger partial charge >= 0.3 is 0 Å². The molecule has 0 atom stereocenters. The first-order chi connectivity index (χ1) is 15.2. The van der Waals surface area contributed by atoms with E-state index >= 15 is 0 Å². The van der Waals surface area contributed by atoms with Gasteiger partial charge in [0.2, 0.25) is 0 Å². The van der Waals surface area contributed by atoms with E-state index in [1.165, 1.54) is 17.7 Å². The third-order valence-corrected chi connectivity index (χ3v) is 5.60. The maximum absolute atomic E-state index is 13.1. The summed E-state index contributed by atoms with van der Waals surface area (Å²) in [5.41, 5.74) is 4.12. The Labute approximate surface area is 177 Å². The average molecular weight is 412 g/mol. The number of halogens is 1. The highest BCUT2D eigenvalue weighted by atomic mass is 19.1. The lowest BCUT2D eigenvalue weighted by Gasteiger charge is -2.12. The molecular weight excluding hydrogens is 391 g/mol. The molecule has 0 fully saturated rings. The lowest BCUT2D eigenvalue weighted by atomic mass is 9.94. The van der Waals surface area contributed by atoms with Crippen molar-refractivity contribution >= 4 is 21.5 Å². The molecule has 3 aromatic carbocycles. The van der Waals surface area contributed by atoms with E-state index < -0.39 is 0 Å². The first kappa shape index (κ1) is 19.2. The summed E-state index contributed by atoms with van der Waals surface area (Å²) in [4.78, 5) is 15.4. The van der Waals surface area contributed by atoms with Crippen molar-refractivity contribution in [3.05, 3.63) is 100 Å². The number of aromatic amines is 2. The van der Waals surface area contributed by atoms with E-state index in [1.807, 2.05) is 12.3 Å². The third kappa shape index (κ3) is 3.85. The molecule has 0 bridgehead atoms. The fourth-order valence-electron chi connectivity index (χ4n) is 4.04. The number of benzene rings is 3. The predicted molar refractivity (Wildman–Crippen MR) is 121 cm³/mol. The molecule has 154 valence electrons. The molecule has 2 aromatic heterocycles. The van der Waals surface area contributed by atoms with Crippen LogP contribution in [0.4, 0.5) is 4.39 Å². The predicted octanol–water partition coefficient (Wildman–Crippen LogP) is 4.54. The fraction of sp³-hybridized carbons (Fsp3) is 0.120. The maximum atomic E-state index is 13.1. The Kier molecular flexibility index (Phi) is 5.06. The zero-order valence-electron chi connectivity index (χ0n) is 16.8. The third-order valence-electron chi connectivity index (χ3n) is 5.60. The van der Waals surface area contributed by atoms with E-state index in [2.05, 4.69) is 44.8 Å². The first-order valence-electron chi connectivity index (χ1n) is 10.2. The zero-order chi connectivity index (χ0) is 21.2. The summed E-state index contributed by atoms with van der Waals surface area (Å²) in [5.74, 6) is -0.226. The maximum Gasteiger partial charge on any atom is 0.256 e. The molecule has 0 amide bonds. The number of nitrogens with one attached hydrogen (secondary N) is 3. The molecule has 0 aliphatic carbocycles. The minimum absolute atomic E-state index is 0.0900. The normalized spacial score (nSPS) is 11.4. The summed E-state index contributed by atoms with van der Waals surface area (Å²) in [6.45, 7) is 1.45. The van der Waals surface area contributed by atoms with Crippen LogP contribution in [0, 0.1) is 5.82 Å². The minimum atomic E-state index is -0.226. The van der Waals surface area contributed by atoms with Crippen LogP contribution in [-0.4, -0.2) is 21.7 Å². The topological polar surface area (TPSA) is 73.6 Å². The highest BCUT2D eigenvalue weighted by Gasteiger charge is 2.11. The SMILES string of the molecule is O=c1[nH]ccc2cc(CCNCc3ccc(F)cc3)c3ccc(-c4cn[nH]c4)cc3c12.